The van der Waals surface area contributed by atoms with Crippen molar-refractivity contribution in [1.82, 2.24) is 0 Å². The summed E-state index contributed by atoms with van der Waals surface area (Å²) >= 11 is 0. The van der Waals surface area contributed by atoms with E-state index in [0.29, 0.717) is 19.3 Å². The van der Waals surface area contributed by atoms with Gasteiger partial charge in [0.15, 0.2) is 6.10 Å². The van der Waals surface area contributed by atoms with Gasteiger partial charge in [-0.1, -0.05) is 318 Å². The zero-order chi connectivity index (χ0) is 53.6. The second kappa shape index (κ2) is 62.4. The molecule has 0 bridgehead atoms. The maximum absolute atomic E-state index is 12.8. The van der Waals surface area contributed by atoms with Crippen LogP contribution in [0.2, 0.25) is 0 Å². The van der Waals surface area contributed by atoms with Gasteiger partial charge in [-0.15, -0.1) is 0 Å². The predicted molar refractivity (Wildman–Crippen MR) is 321 cm³/mol. The van der Waals surface area contributed by atoms with Crippen LogP contribution in [0.25, 0.3) is 0 Å². The summed E-state index contributed by atoms with van der Waals surface area (Å²) in [6.45, 7) is 6.45. The Morgan fingerprint density at radius 1 is 0.284 bits per heavy atom. The number of allylic oxidation sites excluding steroid dienone is 12. The third-order valence-electron chi connectivity index (χ3n) is 14.0. The first-order chi connectivity index (χ1) is 36.5. The normalized spacial score (nSPS) is 12.5. The highest BCUT2D eigenvalue weighted by atomic mass is 16.6. The zero-order valence-corrected chi connectivity index (χ0v) is 49.1. The highest BCUT2D eigenvalue weighted by Gasteiger charge is 2.19. The number of carbonyl (C=O) groups excluding carboxylic acids is 3. The number of hydrogen-bond donors (Lipinski definition) is 0. The lowest BCUT2D eigenvalue weighted by molar-refractivity contribution is -0.166. The van der Waals surface area contributed by atoms with E-state index in [1.54, 1.807) is 0 Å². The molecule has 6 nitrogen and oxygen atoms in total. The first-order valence-electron chi connectivity index (χ1n) is 31.9. The largest absolute Gasteiger partial charge is 0.462 e. The van der Waals surface area contributed by atoms with Gasteiger partial charge in [-0.2, -0.15) is 0 Å². The second-order valence-corrected chi connectivity index (χ2v) is 21.3. The van der Waals surface area contributed by atoms with Gasteiger partial charge in [-0.25, -0.2) is 0 Å². The maximum Gasteiger partial charge on any atom is 0.306 e. The highest BCUT2D eigenvalue weighted by molar-refractivity contribution is 5.71. The fourth-order valence-corrected chi connectivity index (χ4v) is 9.24. The van der Waals surface area contributed by atoms with Gasteiger partial charge in [0.25, 0.3) is 0 Å². The molecule has 0 N–H and O–H groups in total. The van der Waals surface area contributed by atoms with E-state index in [1.165, 1.54) is 199 Å². The zero-order valence-electron chi connectivity index (χ0n) is 49.1. The van der Waals surface area contributed by atoms with Gasteiger partial charge in [0.05, 0.1) is 0 Å². The van der Waals surface area contributed by atoms with Crippen LogP contribution in [0.15, 0.2) is 72.9 Å². The van der Waals surface area contributed by atoms with Crippen molar-refractivity contribution in [2.75, 3.05) is 13.2 Å². The molecular weight excluding hydrogens is 913 g/mol. The highest BCUT2D eigenvalue weighted by Crippen LogP contribution is 2.18. The van der Waals surface area contributed by atoms with Crippen molar-refractivity contribution in [3.05, 3.63) is 72.9 Å². The molecule has 0 rings (SSSR count). The second-order valence-electron chi connectivity index (χ2n) is 21.3. The Morgan fingerprint density at radius 2 is 0.527 bits per heavy atom. The molecule has 0 radical (unpaired) electrons. The molecule has 6 heteroatoms. The maximum atomic E-state index is 12.8. The summed E-state index contributed by atoms with van der Waals surface area (Å²) in [5.41, 5.74) is 0. The molecule has 0 aromatic rings. The van der Waals surface area contributed by atoms with E-state index in [9.17, 15) is 14.4 Å². The summed E-state index contributed by atoms with van der Waals surface area (Å²) in [4.78, 5) is 38.0. The fourth-order valence-electron chi connectivity index (χ4n) is 9.24. The standard InChI is InChI=1S/C68H120O6/c1-4-7-10-13-16-18-20-22-24-26-28-29-30-31-32-33-34-35-36-37-38-40-41-43-45-47-49-52-55-58-61-67(70)73-64-65(63-72-66(69)60-57-54-51-15-12-9-6-3)74-68(71)62-59-56-53-50-48-46-44-42-39-27-25-23-21-19-17-14-11-8-5-2/h8,11,17,19,23,25,39,42,46,48,53,56,65H,4-7,9-10,12-16,18,20-22,24,26-38,40-41,43-45,47,49-52,54-55,57-64H2,1-3H3/b11-8-,19-17-,25-23-,42-39-,48-46-,56-53-. The van der Waals surface area contributed by atoms with Crippen LogP contribution >= 0.6 is 0 Å². The molecule has 0 aromatic heterocycles. The third-order valence-corrected chi connectivity index (χ3v) is 14.0. The molecule has 0 saturated carbocycles. The van der Waals surface area contributed by atoms with E-state index in [0.717, 1.165) is 77.0 Å². The van der Waals surface area contributed by atoms with Crippen molar-refractivity contribution in [3.63, 3.8) is 0 Å². The first kappa shape index (κ1) is 70.8. The van der Waals surface area contributed by atoms with Crippen LogP contribution in [0.5, 0.6) is 0 Å². The summed E-state index contributed by atoms with van der Waals surface area (Å²) in [6.07, 6.45) is 81.2. The minimum absolute atomic E-state index is 0.102. The summed E-state index contributed by atoms with van der Waals surface area (Å²) in [5.74, 6) is -0.983. The molecule has 0 amide bonds. The molecular formula is C68H120O6. The Bertz CT molecular complexity index is 1370. The lowest BCUT2D eigenvalue weighted by Gasteiger charge is -2.18. The van der Waals surface area contributed by atoms with Crippen molar-refractivity contribution < 1.29 is 28.6 Å². The Morgan fingerprint density at radius 3 is 0.797 bits per heavy atom. The van der Waals surface area contributed by atoms with Crippen molar-refractivity contribution >= 4 is 17.9 Å². The average Bonchev–Trinajstić information content (AvgIpc) is 3.40. The van der Waals surface area contributed by atoms with Gasteiger partial charge in [0.2, 0.25) is 0 Å². The van der Waals surface area contributed by atoms with Crippen molar-refractivity contribution in [2.45, 2.75) is 329 Å². The molecule has 0 heterocycles. The number of esters is 3. The van der Waals surface area contributed by atoms with Crippen LogP contribution in [0.4, 0.5) is 0 Å². The first-order valence-corrected chi connectivity index (χ1v) is 31.9. The topological polar surface area (TPSA) is 78.9 Å². The van der Waals surface area contributed by atoms with Gasteiger partial charge in [0.1, 0.15) is 13.2 Å². The minimum atomic E-state index is -0.812. The lowest BCUT2D eigenvalue weighted by atomic mass is 10.0. The van der Waals surface area contributed by atoms with E-state index >= 15 is 0 Å². The van der Waals surface area contributed by atoms with Gasteiger partial charge in [0, 0.05) is 19.3 Å². The van der Waals surface area contributed by atoms with E-state index in [-0.39, 0.29) is 37.5 Å². The Hall–Kier alpha value is -3.15. The Balaban J connectivity index is 4.10. The summed E-state index contributed by atoms with van der Waals surface area (Å²) in [7, 11) is 0. The van der Waals surface area contributed by atoms with Gasteiger partial charge < -0.3 is 14.2 Å². The summed E-state index contributed by atoms with van der Waals surface area (Å²) in [5, 5.41) is 0. The van der Waals surface area contributed by atoms with Gasteiger partial charge in [-0.05, 0) is 57.8 Å². The van der Waals surface area contributed by atoms with E-state index in [4.69, 9.17) is 14.2 Å². The van der Waals surface area contributed by atoms with Crippen LogP contribution in [-0.4, -0.2) is 37.2 Å². The SMILES string of the molecule is CC/C=C\C/C=C\C/C=C\C/C=C\C/C=C\C/C=C\CCC(=O)OC(COC(=O)CCCCCCCCC)COC(=O)CCCCCCCCCCCCCCCCCCCCCCCCCCCCCCCC. The molecule has 0 fully saturated rings. The van der Waals surface area contributed by atoms with Crippen molar-refractivity contribution in [2.24, 2.45) is 0 Å². The molecule has 0 aliphatic carbocycles. The predicted octanol–water partition coefficient (Wildman–Crippen LogP) is 21.7. The van der Waals surface area contributed by atoms with Gasteiger partial charge >= 0.3 is 17.9 Å². The van der Waals surface area contributed by atoms with Crippen molar-refractivity contribution in [1.29, 1.82) is 0 Å². The van der Waals surface area contributed by atoms with Crippen LogP contribution < -0.4 is 0 Å². The lowest BCUT2D eigenvalue weighted by Crippen LogP contribution is -2.30. The van der Waals surface area contributed by atoms with E-state index in [1.807, 2.05) is 6.08 Å². The minimum Gasteiger partial charge on any atom is -0.462 e. The smallest absolute Gasteiger partial charge is 0.306 e. The third kappa shape index (κ3) is 59.7. The molecule has 0 saturated heterocycles. The van der Waals surface area contributed by atoms with Crippen LogP contribution in [0.1, 0.15) is 323 Å². The Kier molecular flexibility index (Phi) is 59.7. The van der Waals surface area contributed by atoms with E-state index < -0.39 is 6.10 Å². The number of ether oxygens (including phenoxy) is 3. The number of carbonyl (C=O) groups is 3. The quantitative estimate of drug-likeness (QED) is 0.0261. The fraction of sp³-hybridized carbons (Fsp3) is 0.779. The van der Waals surface area contributed by atoms with Crippen LogP contribution in [0, 0.1) is 0 Å². The molecule has 0 spiro atoms. The molecule has 428 valence electrons. The average molecular weight is 1030 g/mol. The Labute approximate surface area is 459 Å². The molecule has 1 atom stereocenters. The van der Waals surface area contributed by atoms with Gasteiger partial charge in [-0.3, -0.25) is 14.4 Å². The van der Waals surface area contributed by atoms with Crippen molar-refractivity contribution in [3.8, 4) is 0 Å². The molecule has 0 aliphatic rings. The molecule has 0 aliphatic heterocycles. The van der Waals surface area contributed by atoms with E-state index in [2.05, 4.69) is 87.6 Å². The molecule has 74 heavy (non-hydrogen) atoms. The van der Waals surface area contributed by atoms with Crippen LogP contribution in [-0.2, 0) is 28.6 Å². The summed E-state index contributed by atoms with van der Waals surface area (Å²) < 4.78 is 16.7. The number of hydrogen-bond acceptors (Lipinski definition) is 6. The number of unbranched alkanes of at least 4 members (excludes halogenated alkanes) is 35. The monoisotopic (exact) mass is 1030 g/mol. The molecule has 1 unspecified atom stereocenters. The number of rotatable bonds is 58. The molecule has 0 aromatic carbocycles. The van der Waals surface area contributed by atoms with Crippen LogP contribution in [0.3, 0.4) is 0 Å². The summed E-state index contributed by atoms with van der Waals surface area (Å²) in [6, 6.07) is 0.